The number of halogens is 1. The van der Waals surface area contributed by atoms with Gasteiger partial charge in [0.25, 0.3) is 0 Å². The summed E-state index contributed by atoms with van der Waals surface area (Å²) in [5.74, 6) is 0.951. The van der Waals surface area contributed by atoms with Crippen molar-refractivity contribution in [2.45, 2.75) is 0 Å². The summed E-state index contributed by atoms with van der Waals surface area (Å²) in [6.45, 7) is 0. The predicted octanol–water partition coefficient (Wildman–Crippen LogP) is 3.48. The van der Waals surface area contributed by atoms with Gasteiger partial charge in [0.15, 0.2) is 12.0 Å². The molecule has 2 aromatic rings. The van der Waals surface area contributed by atoms with Crippen molar-refractivity contribution in [3.63, 3.8) is 0 Å². The summed E-state index contributed by atoms with van der Waals surface area (Å²) < 4.78 is 5.33. The molecular weight excluding hydrogens is 238 g/mol. The highest BCUT2D eigenvalue weighted by molar-refractivity contribution is 6.33. The monoisotopic (exact) mass is 249 g/mol. The summed E-state index contributed by atoms with van der Waals surface area (Å²) in [4.78, 5) is 12.5. The predicted molar refractivity (Wildman–Crippen MR) is 68.9 cm³/mol. The van der Waals surface area contributed by atoms with E-state index in [1.807, 2.05) is 37.2 Å². The molecule has 2 rings (SSSR count). The fraction of sp³-hybridized carbons (Fsp3) is 0.154. The molecule has 0 unspecified atom stereocenters. The molecule has 4 heteroatoms. The van der Waals surface area contributed by atoms with Crippen molar-refractivity contribution in [2.24, 2.45) is 0 Å². The van der Waals surface area contributed by atoms with Gasteiger partial charge in [-0.3, -0.25) is 4.79 Å². The van der Waals surface area contributed by atoms with Gasteiger partial charge in [0.05, 0.1) is 10.7 Å². The molecule has 0 saturated carbocycles. The molecule has 0 fully saturated rings. The smallest absolute Gasteiger partial charge is 0.185 e. The topological polar surface area (TPSA) is 33.5 Å². The van der Waals surface area contributed by atoms with Crippen LogP contribution in [-0.2, 0) is 0 Å². The Morgan fingerprint density at radius 3 is 2.53 bits per heavy atom. The third-order valence-electron chi connectivity index (χ3n) is 2.46. The Morgan fingerprint density at radius 2 is 2.00 bits per heavy atom. The third-order valence-corrected chi connectivity index (χ3v) is 2.76. The van der Waals surface area contributed by atoms with Gasteiger partial charge in [0, 0.05) is 19.7 Å². The average molecular weight is 250 g/mol. The lowest BCUT2D eigenvalue weighted by molar-refractivity contribution is 0.110. The molecule has 88 valence electrons. The van der Waals surface area contributed by atoms with Crippen LogP contribution in [0.5, 0.6) is 0 Å². The number of aldehydes is 1. The van der Waals surface area contributed by atoms with Crippen LogP contribution in [0.1, 0.15) is 10.6 Å². The molecule has 3 nitrogen and oxygen atoms in total. The van der Waals surface area contributed by atoms with Crippen molar-refractivity contribution >= 4 is 23.6 Å². The first kappa shape index (κ1) is 11.7. The SMILES string of the molecule is CN(C)c1ccc(-c2ccc(C=O)o2)cc1Cl. The molecule has 17 heavy (non-hydrogen) atoms. The molecule has 0 aliphatic carbocycles. The van der Waals surface area contributed by atoms with E-state index in [4.69, 9.17) is 16.0 Å². The molecule has 1 heterocycles. The largest absolute Gasteiger partial charge is 0.453 e. The molecule has 0 atom stereocenters. The lowest BCUT2D eigenvalue weighted by Crippen LogP contribution is -2.08. The molecule has 0 spiro atoms. The van der Waals surface area contributed by atoms with E-state index in [9.17, 15) is 4.79 Å². The lowest BCUT2D eigenvalue weighted by atomic mass is 10.1. The minimum Gasteiger partial charge on any atom is -0.453 e. The van der Waals surface area contributed by atoms with Gasteiger partial charge in [-0.2, -0.15) is 0 Å². The fourth-order valence-corrected chi connectivity index (χ4v) is 1.94. The summed E-state index contributed by atoms with van der Waals surface area (Å²) >= 11 is 6.16. The normalized spacial score (nSPS) is 10.3. The van der Waals surface area contributed by atoms with Gasteiger partial charge in [-0.05, 0) is 30.3 Å². The Bertz CT molecular complexity index is 546. The molecule has 0 bridgehead atoms. The van der Waals surface area contributed by atoms with Crippen LogP contribution in [0.2, 0.25) is 5.02 Å². The summed E-state index contributed by atoms with van der Waals surface area (Å²) in [6, 6.07) is 9.04. The Hall–Kier alpha value is -1.74. The number of anilines is 1. The minimum absolute atomic E-state index is 0.313. The van der Waals surface area contributed by atoms with Gasteiger partial charge < -0.3 is 9.32 Å². The molecule has 0 aliphatic rings. The highest BCUT2D eigenvalue weighted by Crippen LogP contribution is 2.30. The van der Waals surface area contributed by atoms with E-state index in [1.54, 1.807) is 12.1 Å². The van der Waals surface area contributed by atoms with Crippen LogP contribution >= 0.6 is 11.6 Å². The quantitative estimate of drug-likeness (QED) is 0.781. The first-order valence-corrected chi connectivity index (χ1v) is 5.52. The second kappa shape index (κ2) is 4.63. The van der Waals surface area contributed by atoms with Gasteiger partial charge in [-0.1, -0.05) is 11.6 Å². The molecule has 0 amide bonds. The van der Waals surface area contributed by atoms with Crippen LogP contribution in [0.25, 0.3) is 11.3 Å². The van der Waals surface area contributed by atoms with Gasteiger partial charge in [0.2, 0.25) is 0 Å². The molecular formula is C13H12ClNO2. The minimum atomic E-state index is 0.313. The maximum atomic E-state index is 10.5. The Balaban J connectivity index is 2.40. The molecule has 1 aromatic carbocycles. The number of benzene rings is 1. The highest BCUT2D eigenvalue weighted by Gasteiger charge is 2.08. The zero-order valence-corrected chi connectivity index (χ0v) is 10.4. The molecule has 0 N–H and O–H groups in total. The van der Waals surface area contributed by atoms with Crippen molar-refractivity contribution in [2.75, 3.05) is 19.0 Å². The maximum Gasteiger partial charge on any atom is 0.185 e. The van der Waals surface area contributed by atoms with E-state index in [0.29, 0.717) is 22.8 Å². The zero-order valence-electron chi connectivity index (χ0n) is 9.61. The fourth-order valence-electron chi connectivity index (χ4n) is 1.59. The van der Waals surface area contributed by atoms with Gasteiger partial charge in [0.1, 0.15) is 5.76 Å². The lowest BCUT2D eigenvalue weighted by Gasteiger charge is -2.14. The molecule has 0 saturated heterocycles. The average Bonchev–Trinajstić information content (AvgIpc) is 2.76. The van der Waals surface area contributed by atoms with Gasteiger partial charge >= 0.3 is 0 Å². The van der Waals surface area contributed by atoms with Crippen LogP contribution in [0.3, 0.4) is 0 Å². The van der Waals surface area contributed by atoms with Crippen molar-refractivity contribution in [3.8, 4) is 11.3 Å². The number of nitrogens with zero attached hydrogens (tertiary/aromatic N) is 1. The van der Waals surface area contributed by atoms with E-state index in [2.05, 4.69) is 0 Å². The Kier molecular flexibility index (Phi) is 3.20. The summed E-state index contributed by atoms with van der Waals surface area (Å²) in [5.41, 5.74) is 1.80. The molecule has 1 aromatic heterocycles. The van der Waals surface area contributed by atoms with E-state index < -0.39 is 0 Å². The highest BCUT2D eigenvalue weighted by atomic mass is 35.5. The van der Waals surface area contributed by atoms with Crippen molar-refractivity contribution < 1.29 is 9.21 Å². The number of hydrogen-bond acceptors (Lipinski definition) is 3. The van der Waals surface area contributed by atoms with Gasteiger partial charge in [-0.15, -0.1) is 0 Å². The summed E-state index contributed by atoms with van der Waals surface area (Å²) in [7, 11) is 3.86. The second-order valence-corrected chi connectivity index (χ2v) is 4.29. The molecule has 0 aliphatic heterocycles. The van der Waals surface area contributed by atoms with Crippen LogP contribution < -0.4 is 4.90 Å². The van der Waals surface area contributed by atoms with Crippen molar-refractivity contribution in [1.29, 1.82) is 0 Å². The maximum absolute atomic E-state index is 10.5. The van der Waals surface area contributed by atoms with E-state index in [-0.39, 0.29) is 0 Å². The summed E-state index contributed by atoms with van der Waals surface area (Å²) in [6.07, 6.45) is 0.680. The van der Waals surface area contributed by atoms with E-state index >= 15 is 0 Å². The summed E-state index contributed by atoms with van der Waals surface area (Å²) in [5, 5.41) is 0.650. The Morgan fingerprint density at radius 1 is 1.24 bits per heavy atom. The standard InChI is InChI=1S/C13H12ClNO2/c1-15(2)12-5-3-9(7-11(12)14)13-6-4-10(8-16)17-13/h3-8H,1-2H3. The third kappa shape index (κ3) is 2.34. The van der Waals surface area contributed by atoms with Crippen LogP contribution in [0.15, 0.2) is 34.7 Å². The van der Waals surface area contributed by atoms with Crippen molar-refractivity contribution in [1.82, 2.24) is 0 Å². The number of hydrogen-bond donors (Lipinski definition) is 0. The number of furan rings is 1. The zero-order chi connectivity index (χ0) is 12.4. The van der Waals surface area contributed by atoms with Crippen molar-refractivity contribution in [3.05, 3.63) is 41.1 Å². The van der Waals surface area contributed by atoms with Crippen LogP contribution in [0, 0.1) is 0 Å². The van der Waals surface area contributed by atoms with E-state index in [1.165, 1.54) is 0 Å². The number of rotatable bonds is 3. The second-order valence-electron chi connectivity index (χ2n) is 3.88. The number of carbonyl (C=O) groups is 1. The number of carbonyl (C=O) groups excluding carboxylic acids is 1. The first-order valence-electron chi connectivity index (χ1n) is 5.14. The Labute approximate surface area is 105 Å². The van der Waals surface area contributed by atoms with Crippen LogP contribution in [-0.4, -0.2) is 20.4 Å². The van der Waals surface area contributed by atoms with E-state index in [0.717, 1.165) is 11.3 Å². The molecule has 0 radical (unpaired) electrons. The van der Waals surface area contributed by atoms with Gasteiger partial charge in [-0.25, -0.2) is 0 Å². The van der Waals surface area contributed by atoms with Crippen LogP contribution in [0.4, 0.5) is 5.69 Å². The first-order chi connectivity index (χ1) is 8.11.